The molecule has 0 spiro atoms. The number of nitrogens with zero attached hydrogens (tertiary/aromatic N) is 2. The molecule has 6 rings (SSSR count). The third-order valence-electron chi connectivity index (χ3n) is 9.09. The van der Waals surface area contributed by atoms with Crippen molar-refractivity contribution in [2.24, 2.45) is 0 Å². The van der Waals surface area contributed by atoms with Gasteiger partial charge in [0.1, 0.15) is 22.6 Å². The van der Waals surface area contributed by atoms with E-state index in [1.165, 1.54) is 12.1 Å². The summed E-state index contributed by atoms with van der Waals surface area (Å²) < 4.78 is 0. The number of anilines is 1. The normalized spacial score (nSPS) is 11.8. The van der Waals surface area contributed by atoms with Crippen molar-refractivity contribution in [3.8, 4) is 11.5 Å². The Morgan fingerprint density at radius 3 is 1.83 bits per heavy atom. The molecule has 0 fully saturated rings. The zero-order valence-electron chi connectivity index (χ0n) is 29.0. The maximum atomic E-state index is 11.6. The second-order valence-electron chi connectivity index (χ2n) is 12.7. The molecule has 12 heteroatoms. The highest BCUT2D eigenvalue weighted by atomic mass is 35.5. The number of hydrogen-bond acceptors (Lipinski definition) is 7. The molecule has 276 valence electrons. The number of pyridine rings is 1. The first-order chi connectivity index (χ1) is 25.5. The van der Waals surface area contributed by atoms with Crippen molar-refractivity contribution in [2.45, 2.75) is 32.2 Å². The fourth-order valence-electron chi connectivity index (χ4n) is 6.46. The predicted octanol–water partition coefficient (Wildman–Crippen LogP) is 9.64. The molecule has 0 amide bonds. The van der Waals surface area contributed by atoms with Gasteiger partial charge in [0.25, 0.3) is 0 Å². The van der Waals surface area contributed by atoms with E-state index < -0.39 is 23.4 Å². The highest BCUT2D eigenvalue weighted by Crippen LogP contribution is 2.39. The van der Waals surface area contributed by atoms with Gasteiger partial charge >= 0.3 is 11.9 Å². The van der Waals surface area contributed by atoms with Crippen LogP contribution in [0.5, 0.6) is 11.5 Å². The molecule has 1 atom stereocenters. The Bertz CT molecular complexity index is 2140. The van der Waals surface area contributed by atoms with Gasteiger partial charge in [-0.25, -0.2) is 9.59 Å². The van der Waals surface area contributed by atoms with Crippen molar-refractivity contribution in [1.82, 2.24) is 9.88 Å². The van der Waals surface area contributed by atoms with Crippen LogP contribution in [-0.4, -0.2) is 79.7 Å². The summed E-state index contributed by atoms with van der Waals surface area (Å²) in [5.74, 6) is -2.06. The molecule has 5 N–H and O–H groups in total. The standard InChI is InChI=1S/C23H16O6.C18H24Cl3N3/c24-20-16(14-7-3-1-5-12(14)9-18(20)22(26)27)11-17-15-8-4-2-6-13(15)10-19(21(17)25)23(28)29;1-14(3-2-10-24(11-7-19)12-8-20)23-17-6-9-22-18-13-15(21)4-5-16(17)18/h1-10,24-25H,11H2,(H,26,27)(H,28,29);4-6,9,13-14H,2-3,7-8,10-12H2,1H3,(H,22,23). The van der Waals surface area contributed by atoms with Gasteiger partial charge in [-0.2, -0.15) is 0 Å². The van der Waals surface area contributed by atoms with E-state index in [2.05, 4.69) is 22.1 Å². The average molecular weight is 777 g/mol. The van der Waals surface area contributed by atoms with Crippen LogP contribution in [-0.2, 0) is 6.42 Å². The summed E-state index contributed by atoms with van der Waals surface area (Å²) in [6.45, 7) is 5.02. The zero-order chi connectivity index (χ0) is 38.1. The van der Waals surface area contributed by atoms with Crippen LogP contribution in [0, 0.1) is 0 Å². The Labute approximate surface area is 322 Å². The first kappa shape index (κ1) is 39.4. The Morgan fingerprint density at radius 1 is 0.755 bits per heavy atom. The lowest BCUT2D eigenvalue weighted by Crippen LogP contribution is -2.30. The smallest absolute Gasteiger partial charge is 0.339 e. The van der Waals surface area contributed by atoms with Crippen LogP contribution in [0.25, 0.3) is 32.4 Å². The SMILES string of the molecule is CC(CCCN(CCCl)CCCl)Nc1ccnc2cc(Cl)ccc12.O=C(O)c1cc2ccccc2c(Cc2c(O)c(C(=O)O)cc3ccccc23)c1O. The molecule has 0 aliphatic heterocycles. The highest BCUT2D eigenvalue weighted by Gasteiger charge is 2.22. The topological polar surface area (TPSA) is 143 Å². The van der Waals surface area contributed by atoms with E-state index in [-0.39, 0.29) is 17.5 Å². The maximum absolute atomic E-state index is 11.6. The minimum absolute atomic E-state index is 0.0407. The molecule has 0 bridgehead atoms. The van der Waals surface area contributed by atoms with Crippen molar-refractivity contribution in [3.05, 3.63) is 118 Å². The number of aromatic nitrogens is 1. The maximum Gasteiger partial charge on any atom is 0.339 e. The van der Waals surface area contributed by atoms with Gasteiger partial charge in [-0.05, 0) is 84.3 Å². The molecule has 0 aliphatic rings. The Balaban J connectivity index is 0.000000209. The molecule has 53 heavy (non-hydrogen) atoms. The summed E-state index contributed by atoms with van der Waals surface area (Å²) in [6.07, 6.45) is 3.96. The van der Waals surface area contributed by atoms with Gasteiger partial charge in [-0.15, -0.1) is 23.2 Å². The van der Waals surface area contributed by atoms with Gasteiger partial charge in [0.15, 0.2) is 0 Å². The first-order valence-electron chi connectivity index (χ1n) is 17.1. The molecule has 1 unspecified atom stereocenters. The van der Waals surface area contributed by atoms with Crippen LogP contribution < -0.4 is 5.32 Å². The molecule has 0 radical (unpaired) electrons. The number of benzene rings is 5. The fraction of sp³-hybridized carbons (Fsp3) is 0.244. The fourth-order valence-corrected chi connectivity index (χ4v) is 7.11. The lowest BCUT2D eigenvalue weighted by atomic mass is 9.90. The Kier molecular flexibility index (Phi) is 13.6. The summed E-state index contributed by atoms with van der Waals surface area (Å²) in [5, 5.41) is 48.2. The van der Waals surface area contributed by atoms with Crippen LogP contribution in [0.3, 0.4) is 0 Å². The average Bonchev–Trinajstić information content (AvgIpc) is 3.13. The Hall–Kier alpha value is -4.80. The third kappa shape index (κ3) is 9.60. The number of carboxylic acid groups (broad SMARTS) is 2. The highest BCUT2D eigenvalue weighted by molar-refractivity contribution is 6.31. The molecule has 5 aromatic carbocycles. The predicted molar refractivity (Wildman–Crippen MR) is 215 cm³/mol. The van der Waals surface area contributed by atoms with Crippen LogP contribution in [0.1, 0.15) is 51.6 Å². The molecule has 0 saturated carbocycles. The van der Waals surface area contributed by atoms with Gasteiger partial charge in [-0.3, -0.25) is 4.98 Å². The number of rotatable bonds is 14. The molecule has 6 aromatic rings. The largest absolute Gasteiger partial charge is 0.507 e. The van der Waals surface area contributed by atoms with E-state index in [1.807, 2.05) is 30.5 Å². The number of alkyl halides is 2. The van der Waals surface area contributed by atoms with Crippen molar-refractivity contribution >= 4 is 84.9 Å². The second-order valence-corrected chi connectivity index (χ2v) is 13.9. The summed E-state index contributed by atoms with van der Waals surface area (Å²) in [6, 6.07) is 25.0. The summed E-state index contributed by atoms with van der Waals surface area (Å²) in [7, 11) is 0. The van der Waals surface area contributed by atoms with E-state index in [0.717, 1.165) is 49.1 Å². The number of aromatic carboxylic acids is 2. The minimum Gasteiger partial charge on any atom is -0.507 e. The van der Waals surface area contributed by atoms with E-state index in [4.69, 9.17) is 34.8 Å². The lowest BCUT2D eigenvalue weighted by molar-refractivity contribution is 0.0682. The Morgan fingerprint density at radius 2 is 1.30 bits per heavy atom. The quantitative estimate of drug-likeness (QED) is 0.0684. The molecular weight excluding hydrogens is 737 g/mol. The summed E-state index contributed by atoms with van der Waals surface area (Å²) in [5.41, 5.74) is 2.12. The minimum atomic E-state index is -1.28. The summed E-state index contributed by atoms with van der Waals surface area (Å²) >= 11 is 17.7. The van der Waals surface area contributed by atoms with Gasteiger partial charge in [0, 0.05) is 70.7 Å². The van der Waals surface area contributed by atoms with Gasteiger partial charge < -0.3 is 30.6 Å². The van der Waals surface area contributed by atoms with Crippen molar-refractivity contribution in [3.63, 3.8) is 0 Å². The number of nitrogens with one attached hydrogen (secondary N) is 1. The number of fused-ring (bicyclic) bond motifs is 3. The van der Waals surface area contributed by atoms with Crippen molar-refractivity contribution in [1.29, 1.82) is 0 Å². The van der Waals surface area contributed by atoms with E-state index in [0.29, 0.717) is 55.5 Å². The van der Waals surface area contributed by atoms with Crippen molar-refractivity contribution < 1.29 is 30.0 Å². The van der Waals surface area contributed by atoms with Crippen LogP contribution in [0.15, 0.2) is 91.1 Å². The van der Waals surface area contributed by atoms with Gasteiger partial charge in [0.2, 0.25) is 0 Å². The molecule has 1 aromatic heterocycles. The van der Waals surface area contributed by atoms with Gasteiger partial charge in [0.05, 0.1) is 5.52 Å². The zero-order valence-corrected chi connectivity index (χ0v) is 31.3. The number of carbonyl (C=O) groups is 2. The van der Waals surface area contributed by atoms with Gasteiger partial charge in [-0.1, -0.05) is 60.1 Å². The van der Waals surface area contributed by atoms with E-state index in [9.17, 15) is 30.0 Å². The van der Waals surface area contributed by atoms with Crippen LogP contribution in [0.2, 0.25) is 5.02 Å². The number of hydrogen-bond donors (Lipinski definition) is 5. The summed E-state index contributed by atoms with van der Waals surface area (Å²) in [4.78, 5) is 29.9. The molecule has 9 nitrogen and oxygen atoms in total. The van der Waals surface area contributed by atoms with Crippen LogP contribution in [0.4, 0.5) is 5.69 Å². The lowest BCUT2D eigenvalue weighted by Gasteiger charge is -2.22. The number of halogens is 3. The number of carboxylic acids is 2. The molecular formula is C41H40Cl3N3O6. The molecule has 1 heterocycles. The van der Waals surface area contributed by atoms with E-state index in [1.54, 1.807) is 48.5 Å². The first-order valence-corrected chi connectivity index (χ1v) is 18.6. The molecule has 0 saturated heterocycles. The van der Waals surface area contributed by atoms with Crippen LogP contribution >= 0.6 is 34.8 Å². The monoisotopic (exact) mass is 775 g/mol. The second kappa shape index (κ2) is 18.3. The third-order valence-corrected chi connectivity index (χ3v) is 9.66. The number of aromatic hydroxyl groups is 2. The molecule has 0 aliphatic carbocycles. The number of phenols is 2. The van der Waals surface area contributed by atoms with E-state index >= 15 is 0 Å². The van der Waals surface area contributed by atoms with Crippen molar-refractivity contribution in [2.75, 3.05) is 36.7 Å².